The van der Waals surface area contributed by atoms with E-state index in [4.69, 9.17) is 5.73 Å². The van der Waals surface area contributed by atoms with E-state index in [0.717, 1.165) is 36.5 Å². The topological polar surface area (TPSA) is 114 Å². The van der Waals surface area contributed by atoms with Gasteiger partial charge in [0.1, 0.15) is 0 Å². The van der Waals surface area contributed by atoms with Crippen LogP contribution in [0.5, 0.6) is 0 Å². The fourth-order valence-corrected chi connectivity index (χ4v) is 3.60. The Kier molecular flexibility index (Phi) is 5.65. The zero-order chi connectivity index (χ0) is 20.9. The van der Waals surface area contributed by atoms with Gasteiger partial charge < -0.3 is 16.0 Å². The molecule has 0 spiro atoms. The number of aromatic nitrogens is 3. The average Bonchev–Trinajstić information content (AvgIpc) is 2.80. The van der Waals surface area contributed by atoms with Crippen LogP contribution in [0.2, 0.25) is 0 Å². The third-order valence-corrected chi connectivity index (χ3v) is 5.17. The molecule has 1 fully saturated rings. The summed E-state index contributed by atoms with van der Waals surface area (Å²) in [6, 6.07) is 14.4. The number of benzene rings is 1. The van der Waals surface area contributed by atoms with Crippen LogP contribution in [0.25, 0.3) is 11.3 Å². The molecule has 1 aliphatic heterocycles. The predicted molar refractivity (Wildman–Crippen MR) is 114 cm³/mol. The van der Waals surface area contributed by atoms with Gasteiger partial charge in [-0.15, -0.1) is 10.2 Å². The minimum atomic E-state index is -0.569. The van der Waals surface area contributed by atoms with Crippen molar-refractivity contribution in [2.45, 2.75) is 12.8 Å². The van der Waals surface area contributed by atoms with Gasteiger partial charge in [0.05, 0.1) is 22.9 Å². The summed E-state index contributed by atoms with van der Waals surface area (Å²) in [7, 11) is 0. The van der Waals surface area contributed by atoms with E-state index in [-0.39, 0.29) is 11.8 Å². The Morgan fingerprint density at radius 2 is 1.93 bits per heavy atom. The lowest BCUT2D eigenvalue weighted by Gasteiger charge is -2.32. The molecule has 3 N–H and O–H groups in total. The standard InChI is InChI=1S/C22H22N6O2/c23-21(29)17-7-1-2-8-19(17)25-22(30)16-6-4-12-28(14-16)20-10-9-18(26-27-20)15-5-3-11-24-13-15/h1-3,5,7-11,13,16H,4,6,12,14H2,(H2,23,29)(H,25,30). The predicted octanol–water partition coefficient (Wildman–Crippen LogP) is 2.49. The number of piperidine rings is 1. The van der Waals surface area contributed by atoms with Crippen LogP contribution in [0.1, 0.15) is 23.2 Å². The molecule has 1 aliphatic rings. The molecule has 0 radical (unpaired) electrons. The minimum Gasteiger partial charge on any atom is -0.366 e. The van der Waals surface area contributed by atoms with Gasteiger partial charge >= 0.3 is 0 Å². The smallest absolute Gasteiger partial charge is 0.250 e. The number of carbonyl (C=O) groups is 2. The first-order chi connectivity index (χ1) is 14.6. The van der Waals surface area contributed by atoms with E-state index in [1.54, 1.807) is 36.7 Å². The summed E-state index contributed by atoms with van der Waals surface area (Å²) in [6.45, 7) is 1.34. The summed E-state index contributed by atoms with van der Waals surface area (Å²) in [4.78, 5) is 30.6. The van der Waals surface area contributed by atoms with Crippen LogP contribution in [-0.4, -0.2) is 40.1 Å². The van der Waals surface area contributed by atoms with E-state index < -0.39 is 5.91 Å². The first kappa shape index (κ1) is 19.5. The van der Waals surface area contributed by atoms with Crippen molar-refractivity contribution in [1.29, 1.82) is 0 Å². The number of nitrogens with one attached hydrogen (secondary N) is 1. The quantitative estimate of drug-likeness (QED) is 0.678. The van der Waals surface area contributed by atoms with Gasteiger partial charge in [-0.1, -0.05) is 12.1 Å². The largest absolute Gasteiger partial charge is 0.366 e. The maximum atomic E-state index is 12.8. The number of pyridine rings is 1. The number of rotatable bonds is 5. The lowest BCUT2D eigenvalue weighted by molar-refractivity contribution is -0.120. The Morgan fingerprint density at radius 3 is 2.67 bits per heavy atom. The lowest BCUT2D eigenvalue weighted by atomic mass is 9.96. The summed E-state index contributed by atoms with van der Waals surface area (Å²) >= 11 is 0. The number of carbonyl (C=O) groups excluding carboxylic acids is 2. The molecule has 30 heavy (non-hydrogen) atoms. The van der Waals surface area contributed by atoms with Gasteiger partial charge in [0.25, 0.3) is 5.91 Å². The molecule has 1 aromatic carbocycles. The third-order valence-electron chi connectivity index (χ3n) is 5.17. The molecule has 3 heterocycles. The van der Waals surface area contributed by atoms with E-state index in [0.29, 0.717) is 17.8 Å². The minimum absolute atomic E-state index is 0.131. The van der Waals surface area contributed by atoms with Crippen LogP contribution in [-0.2, 0) is 4.79 Å². The molecular weight excluding hydrogens is 380 g/mol. The number of anilines is 2. The zero-order valence-corrected chi connectivity index (χ0v) is 16.4. The molecule has 8 nitrogen and oxygen atoms in total. The monoisotopic (exact) mass is 402 g/mol. The molecule has 2 aromatic heterocycles. The Hall–Kier alpha value is -3.81. The van der Waals surface area contributed by atoms with Crippen molar-refractivity contribution in [2.75, 3.05) is 23.3 Å². The van der Waals surface area contributed by atoms with Crippen LogP contribution >= 0.6 is 0 Å². The van der Waals surface area contributed by atoms with Gasteiger partial charge in [0, 0.05) is 31.0 Å². The maximum Gasteiger partial charge on any atom is 0.250 e. The Labute approximate surface area is 174 Å². The maximum absolute atomic E-state index is 12.8. The summed E-state index contributed by atoms with van der Waals surface area (Å²) in [5, 5.41) is 11.5. The Bertz CT molecular complexity index is 1040. The van der Waals surface area contributed by atoms with E-state index in [9.17, 15) is 9.59 Å². The van der Waals surface area contributed by atoms with Crippen molar-refractivity contribution >= 4 is 23.3 Å². The van der Waals surface area contributed by atoms with Gasteiger partial charge in [-0.3, -0.25) is 14.6 Å². The van der Waals surface area contributed by atoms with E-state index in [1.807, 2.05) is 24.3 Å². The number of para-hydroxylation sites is 1. The zero-order valence-electron chi connectivity index (χ0n) is 16.4. The third kappa shape index (κ3) is 4.27. The summed E-state index contributed by atoms with van der Waals surface area (Å²) in [6.07, 6.45) is 5.09. The molecule has 4 rings (SSSR count). The van der Waals surface area contributed by atoms with Crippen molar-refractivity contribution in [2.24, 2.45) is 11.7 Å². The SMILES string of the molecule is NC(=O)c1ccccc1NC(=O)C1CCCN(c2ccc(-c3cccnc3)nn2)C1. The molecule has 2 amide bonds. The fourth-order valence-electron chi connectivity index (χ4n) is 3.60. The van der Waals surface area contributed by atoms with Crippen LogP contribution < -0.4 is 16.0 Å². The van der Waals surface area contributed by atoms with Crippen molar-refractivity contribution < 1.29 is 9.59 Å². The molecule has 0 aliphatic carbocycles. The highest BCUT2D eigenvalue weighted by molar-refractivity contribution is 6.03. The van der Waals surface area contributed by atoms with Gasteiger partial charge in [0.15, 0.2) is 5.82 Å². The molecular formula is C22H22N6O2. The number of nitrogens with zero attached hydrogens (tertiary/aromatic N) is 4. The van der Waals surface area contributed by atoms with Crippen molar-refractivity contribution in [3.63, 3.8) is 0 Å². The molecule has 0 bridgehead atoms. The second-order valence-electron chi connectivity index (χ2n) is 7.20. The fraction of sp³-hybridized carbons (Fsp3) is 0.227. The summed E-state index contributed by atoms with van der Waals surface area (Å²) in [5.41, 5.74) is 7.80. The van der Waals surface area contributed by atoms with Crippen LogP contribution in [0.15, 0.2) is 60.9 Å². The number of nitrogens with two attached hydrogens (primary N) is 1. The molecule has 1 saturated heterocycles. The number of hydrogen-bond donors (Lipinski definition) is 2. The van der Waals surface area contributed by atoms with Crippen LogP contribution in [0.3, 0.4) is 0 Å². The highest BCUT2D eigenvalue weighted by Gasteiger charge is 2.27. The number of amides is 2. The molecule has 8 heteroatoms. The van der Waals surface area contributed by atoms with Crippen LogP contribution in [0.4, 0.5) is 11.5 Å². The Balaban J connectivity index is 1.44. The normalized spacial score (nSPS) is 16.1. The summed E-state index contributed by atoms with van der Waals surface area (Å²) in [5.74, 6) is -0.189. The van der Waals surface area contributed by atoms with Crippen molar-refractivity contribution in [3.8, 4) is 11.3 Å². The van der Waals surface area contributed by atoms with E-state index in [2.05, 4.69) is 25.4 Å². The van der Waals surface area contributed by atoms with Gasteiger partial charge in [-0.2, -0.15) is 0 Å². The first-order valence-electron chi connectivity index (χ1n) is 9.80. The molecule has 152 valence electrons. The number of hydrogen-bond acceptors (Lipinski definition) is 6. The van der Waals surface area contributed by atoms with Crippen molar-refractivity contribution in [3.05, 3.63) is 66.5 Å². The van der Waals surface area contributed by atoms with Gasteiger partial charge in [-0.05, 0) is 49.2 Å². The van der Waals surface area contributed by atoms with Crippen LogP contribution in [0, 0.1) is 5.92 Å². The molecule has 1 atom stereocenters. The molecule has 3 aromatic rings. The van der Waals surface area contributed by atoms with Crippen molar-refractivity contribution in [1.82, 2.24) is 15.2 Å². The first-order valence-corrected chi connectivity index (χ1v) is 9.80. The lowest BCUT2D eigenvalue weighted by Crippen LogP contribution is -2.41. The Morgan fingerprint density at radius 1 is 1.07 bits per heavy atom. The van der Waals surface area contributed by atoms with E-state index >= 15 is 0 Å². The van der Waals surface area contributed by atoms with Gasteiger partial charge in [0.2, 0.25) is 5.91 Å². The average molecular weight is 402 g/mol. The van der Waals surface area contributed by atoms with Gasteiger partial charge in [-0.25, -0.2) is 0 Å². The second-order valence-corrected chi connectivity index (χ2v) is 7.20. The summed E-state index contributed by atoms with van der Waals surface area (Å²) < 4.78 is 0. The molecule has 0 saturated carbocycles. The highest BCUT2D eigenvalue weighted by Crippen LogP contribution is 2.25. The number of primary amides is 1. The second kappa shape index (κ2) is 8.69. The van der Waals surface area contributed by atoms with E-state index in [1.165, 1.54) is 0 Å². The highest BCUT2D eigenvalue weighted by atomic mass is 16.2. The molecule has 1 unspecified atom stereocenters.